The normalized spacial score (nSPS) is 64.0. The van der Waals surface area contributed by atoms with Crippen LogP contribution >= 0.6 is 0 Å². The van der Waals surface area contributed by atoms with Gasteiger partial charge in [-0.3, -0.25) is 0 Å². The molecule has 3 saturated carbocycles. The molecule has 2 bridgehead atoms. The van der Waals surface area contributed by atoms with Crippen molar-refractivity contribution >= 4 is 5.71 Å². The molecule has 6 atom stereocenters. The Bertz CT molecular complexity index is 261. The first kappa shape index (κ1) is 6.93. The lowest BCUT2D eigenvalue weighted by molar-refractivity contribution is 0.307. The van der Waals surface area contributed by atoms with Crippen molar-refractivity contribution in [1.82, 2.24) is 0 Å². The Morgan fingerprint density at radius 1 is 1.33 bits per heavy atom. The Hall–Kier alpha value is -0.530. The maximum absolute atomic E-state index is 8.90. The molecule has 2 unspecified atom stereocenters. The van der Waals surface area contributed by atoms with Crippen molar-refractivity contribution in [3.63, 3.8) is 0 Å². The molecule has 0 aliphatic heterocycles. The zero-order valence-corrected chi connectivity index (χ0v) is 7.57. The monoisotopic (exact) mass is 165 g/mol. The summed E-state index contributed by atoms with van der Waals surface area (Å²) in [4.78, 5) is 0. The molecule has 3 aliphatic carbocycles. The second-order valence-electron chi connectivity index (χ2n) is 4.84. The highest BCUT2D eigenvalue weighted by molar-refractivity contribution is 5.93. The molecule has 0 amide bonds. The number of nitrogens with zero attached hydrogens (tertiary/aromatic N) is 1. The summed E-state index contributed by atoms with van der Waals surface area (Å²) >= 11 is 0. The second-order valence-corrected chi connectivity index (χ2v) is 4.84. The van der Waals surface area contributed by atoms with E-state index in [4.69, 9.17) is 5.21 Å². The van der Waals surface area contributed by atoms with Crippen molar-refractivity contribution in [3.05, 3.63) is 0 Å². The van der Waals surface area contributed by atoms with Gasteiger partial charge in [-0.1, -0.05) is 19.0 Å². The predicted molar refractivity (Wildman–Crippen MR) is 46.1 cm³/mol. The lowest BCUT2D eigenvalue weighted by atomic mass is 9.88. The van der Waals surface area contributed by atoms with Gasteiger partial charge in [0, 0.05) is 11.8 Å². The molecule has 0 radical (unpaired) electrons. The van der Waals surface area contributed by atoms with Gasteiger partial charge in [0.25, 0.3) is 0 Å². The Balaban J connectivity index is 2.04. The third-order valence-corrected chi connectivity index (χ3v) is 4.52. The van der Waals surface area contributed by atoms with E-state index in [2.05, 4.69) is 19.0 Å². The summed E-state index contributed by atoms with van der Waals surface area (Å²) < 4.78 is 0. The van der Waals surface area contributed by atoms with E-state index >= 15 is 0 Å². The molecular weight excluding hydrogens is 150 g/mol. The van der Waals surface area contributed by atoms with E-state index in [1.54, 1.807) is 0 Å². The van der Waals surface area contributed by atoms with Gasteiger partial charge in [-0.05, 0) is 30.1 Å². The summed E-state index contributed by atoms with van der Waals surface area (Å²) in [6, 6.07) is 0. The average molecular weight is 165 g/mol. The lowest BCUT2D eigenvalue weighted by Crippen LogP contribution is -2.21. The van der Waals surface area contributed by atoms with Crippen LogP contribution in [0.2, 0.25) is 0 Å². The van der Waals surface area contributed by atoms with Crippen molar-refractivity contribution in [2.75, 3.05) is 0 Å². The van der Waals surface area contributed by atoms with E-state index in [-0.39, 0.29) is 0 Å². The molecule has 1 N–H and O–H groups in total. The van der Waals surface area contributed by atoms with Crippen LogP contribution in [0.25, 0.3) is 0 Å². The summed E-state index contributed by atoms with van der Waals surface area (Å²) in [5.74, 6) is 4.71. The van der Waals surface area contributed by atoms with Gasteiger partial charge in [0.1, 0.15) is 0 Å². The average Bonchev–Trinajstić information content (AvgIpc) is 2.71. The molecule has 0 aromatic carbocycles. The highest BCUT2D eigenvalue weighted by atomic mass is 16.4. The molecule has 0 saturated heterocycles. The van der Waals surface area contributed by atoms with Gasteiger partial charge in [-0.25, -0.2) is 0 Å². The summed E-state index contributed by atoms with van der Waals surface area (Å²) in [6.07, 6.45) is 1.41. The molecule has 0 aromatic rings. The van der Waals surface area contributed by atoms with Crippen molar-refractivity contribution < 1.29 is 5.21 Å². The Morgan fingerprint density at radius 3 is 2.67 bits per heavy atom. The second kappa shape index (κ2) is 1.86. The van der Waals surface area contributed by atoms with Crippen LogP contribution < -0.4 is 0 Å². The minimum atomic E-state index is 0.554. The standard InChI is InChI=1S/C10H15NO/c1-4-8-5(2)10(11-12)9(4)7-3-6(7)8/h4-9,12H,3H2,1-2H3/b11-10+/t4-,5+,6?,7?,8-,9-/m0/s1. The summed E-state index contributed by atoms with van der Waals surface area (Å²) in [6.45, 7) is 4.56. The minimum absolute atomic E-state index is 0.554. The van der Waals surface area contributed by atoms with E-state index in [0.717, 1.165) is 29.4 Å². The van der Waals surface area contributed by atoms with Crippen molar-refractivity contribution in [2.45, 2.75) is 20.3 Å². The van der Waals surface area contributed by atoms with Crippen LogP contribution in [0, 0.1) is 35.5 Å². The van der Waals surface area contributed by atoms with Gasteiger partial charge < -0.3 is 5.21 Å². The maximum Gasteiger partial charge on any atom is 0.0638 e. The van der Waals surface area contributed by atoms with Crippen molar-refractivity contribution in [1.29, 1.82) is 0 Å². The molecule has 2 heteroatoms. The van der Waals surface area contributed by atoms with E-state index in [0.29, 0.717) is 11.8 Å². The van der Waals surface area contributed by atoms with Crippen LogP contribution in [0.1, 0.15) is 20.3 Å². The van der Waals surface area contributed by atoms with Crippen LogP contribution in [0.3, 0.4) is 0 Å². The zero-order valence-electron chi connectivity index (χ0n) is 7.57. The van der Waals surface area contributed by atoms with E-state index in [9.17, 15) is 0 Å². The number of hydrogen-bond acceptors (Lipinski definition) is 2. The van der Waals surface area contributed by atoms with Crippen LogP contribution in [0.5, 0.6) is 0 Å². The van der Waals surface area contributed by atoms with Gasteiger partial charge in [-0.2, -0.15) is 0 Å². The largest absolute Gasteiger partial charge is 0.411 e. The first-order chi connectivity index (χ1) is 5.75. The Kier molecular flexibility index (Phi) is 1.07. The number of hydrogen-bond donors (Lipinski definition) is 1. The van der Waals surface area contributed by atoms with Gasteiger partial charge in [0.15, 0.2) is 0 Å². The molecule has 0 aromatic heterocycles. The predicted octanol–water partition coefficient (Wildman–Crippen LogP) is 1.98. The zero-order chi connectivity index (χ0) is 8.46. The fourth-order valence-electron chi connectivity index (χ4n) is 4.08. The molecule has 0 heterocycles. The third-order valence-electron chi connectivity index (χ3n) is 4.52. The van der Waals surface area contributed by atoms with Crippen LogP contribution in [0.15, 0.2) is 5.16 Å². The molecule has 3 rings (SSSR count). The van der Waals surface area contributed by atoms with Gasteiger partial charge in [0.2, 0.25) is 0 Å². The molecular formula is C10H15NO. The Morgan fingerprint density at radius 2 is 2.08 bits per heavy atom. The molecule has 3 aliphatic rings. The molecule has 2 nitrogen and oxygen atoms in total. The summed E-state index contributed by atoms with van der Waals surface area (Å²) in [7, 11) is 0. The van der Waals surface area contributed by atoms with Crippen molar-refractivity contribution in [2.24, 2.45) is 40.7 Å². The lowest BCUT2D eigenvalue weighted by Gasteiger charge is -2.17. The number of oxime groups is 1. The number of fused-ring (bicyclic) bond motifs is 5. The summed E-state index contributed by atoms with van der Waals surface area (Å²) in [5.41, 5.74) is 1.10. The van der Waals surface area contributed by atoms with Crippen LogP contribution in [-0.4, -0.2) is 10.9 Å². The van der Waals surface area contributed by atoms with Gasteiger partial charge >= 0.3 is 0 Å². The van der Waals surface area contributed by atoms with Crippen molar-refractivity contribution in [3.8, 4) is 0 Å². The molecule has 66 valence electrons. The highest BCUT2D eigenvalue weighted by Crippen LogP contribution is 2.68. The van der Waals surface area contributed by atoms with E-state index in [1.165, 1.54) is 6.42 Å². The van der Waals surface area contributed by atoms with Crippen LogP contribution in [0.4, 0.5) is 0 Å². The fourth-order valence-corrected chi connectivity index (χ4v) is 4.08. The molecule has 12 heavy (non-hydrogen) atoms. The highest BCUT2D eigenvalue weighted by Gasteiger charge is 2.66. The quantitative estimate of drug-likeness (QED) is 0.432. The van der Waals surface area contributed by atoms with Crippen LogP contribution in [-0.2, 0) is 0 Å². The van der Waals surface area contributed by atoms with Gasteiger partial charge in [-0.15, -0.1) is 0 Å². The number of rotatable bonds is 0. The molecule has 0 spiro atoms. The van der Waals surface area contributed by atoms with Gasteiger partial charge in [0.05, 0.1) is 5.71 Å². The van der Waals surface area contributed by atoms with E-state index < -0.39 is 0 Å². The fraction of sp³-hybridized carbons (Fsp3) is 0.900. The molecule has 3 fully saturated rings. The SMILES string of the molecule is C[C@H]1[C@@H]2C3CC3[C@H]1/C(=N/O)[C@@H]2C. The van der Waals surface area contributed by atoms with E-state index in [1.807, 2.05) is 0 Å². The first-order valence-electron chi connectivity index (χ1n) is 4.97. The third kappa shape index (κ3) is 0.540. The first-order valence-corrected chi connectivity index (χ1v) is 4.97. The smallest absolute Gasteiger partial charge is 0.0638 e. The Labute approximate surface area is 72.6 Å². The minimum Gasteiger partial charge on any atom is -0.411 e. The maximum atomic E-state index is 8.90. The topological polar surface area (TPSA) is 32.6 Å². The summed E-state index contributed by atoms with van der Waals surface area (Å²) in [5, 5.41) is 12.4.